The Morgan fingerprint density at radius 1 is 1.11 bits per heavy atom. The Hall–Kier alpha value is -1.46. The van der Waals surface area contributed by atoms with Gasteiger partial charge in [-0.05, 0) is 63.6 Å². The van der Waals surface area contributed by atoms with E-state index in [2.05, 4.69) is 31.1 Å². The highest BCUT2D eigenvalue weighted by molar-refractivity contribution is 5.52. The van der Waals surface area contributed by atoms with Crippen molar-refractivity contribution < 1.29 is 0 Å². The van der Waals surface area contributed by atoms with Gasteiger partial charge in [0.15, 0.2) is 0 Å². The van der Waals surface area contributed by atoms with Crippen molar-refractivity contribution in [2.24, 2.45) is 0 Å². The largest absolute Gasteiger partial charge is 0.365 e. The van der Waals surface area contributed by atoms with Crippen LogP contribution in [-0.4, -0.2) is 0 Å². The molecule has 2 aliphatic rings. The zero-order valence-electron chi connectivity index (χ0n) is 11.4. The molecule has 0 aromatic heterocycles. The van der Waals surface area contributed by atoms with E-state index in [0.29, 0.717) is 0 Å². The van der Waals surface area contributed by atoms with E-state index < -0.39 is 0 Å². The van der Waals surface area contributed by atoms with Gasteiger partial charge in [0.2, 0.25) is 0 Å². The molecule has 0 saturated heterocycles. The first kappa shape index (κ1) is 13.0. The van der Waals surface area contributed by atoms with Crippen LogP contribution in [0.1, 0.15) is 51.9 Å². The van der Waals surface area contributed by atoms with Crippen molar-refractivity contribution in [1.82, 2.24) is 5.32 Å². The molecule has 0 aromatic rings. The molecule has 0 aromatic carbocycles. The van der Waals surface area contributed by atoms with E-state index >= 15 is 0 Å². The van der Waals surface area contributed by atoms with Crippen LogP contribution in [0.3, 0.4) is 0 Å². The van der Waals surface area contributed by atoms with Crippen molar-refractivity contribution >= 4 is 0 Å². The minimum absolute atomic E-state index is 1.11. The molecule has 1 heteroatoms. The van der Waals surface area contributed by atoms with Crippen LogP contribution >= 0.6 is 0 Å². The maximum atomic E-state index is 3.88. The van der Waals surface area contributed by atoms with E-state index in [1.807, 2.05) is 0 Å². The smallest absolute Gasteiger partial charge is 0.0231 e. The molecule has 0 amide bonds. The van der Waals surface area contributed by atoms with Crippen molar-refractivity contribution in [2.45, 2.75) is 51.9 Å². The Bertz CT molecular complexity index is 456. The maximum absolute atomic E-state index is 3.88. The van der Waals surface area contributed by atoms with E-state index in [-0.39, 0.29) is 0 Å². The van der Waals surface area contributed by atoms with Crippen LogP contribution in [0.25, 0.3) is 0 Å². The van der Waals surface area contributed by atoms with Crippen LogP contribution in [-0.2, 0) is 0 Å². The number of rotatable bonds is 3. The second kappa shape index (κ2) is 5.93. The second-order valence-corrected chi connectivity index (χ2v) is 5.18. The molecule has 0 heterocycles. The molecule has 0 unspecified atom stereocenters. The standard InChI is InChI=1S/C17H23N/c1-4-14-10-8-12-16(18-5-2)17(14)15-11-7-6-9-13(15)3/h5,18H,1-2,6-12H2,3H3. The molecule has 0 bridgehead atoms. The van der Waals surface area contributed by atoms with Gasteiger partial charge in [0.25, 0.3) is 0 Å². The van der Waals surface area contributed by atoms with Gasteiger partial charge < -0.3 is 5.32 Å². The van der Waals surface area contributed by atoms with Gasteiger partial charge in [-0.1, -0.05) is 18.7 Å². The molecule has 0 saturated carbocycles. The molecule has 96 valence electrons. The van der Waals surface area contributed by atoms with E-state index in [4.69, 9.17) is 0 Å². The molecule has 18 heavy (non-hydrogen) atoms. The predicted octanol–water partition coefficient (Wildman–Crippen LogP) is 4.76. The quantitative estimate of drug-likeness (QED) is 0.702. The monoisotopic (exact) mass is 241 g/mol. The summed E-state index contributed by atoms with van der Waals surface area (Å²) >= 11 is 0. The lowest BCUT2D eigenvalue weighted by Crippen LogP contribution is -2.16. The van der Waals surface area contributed by atoms with Gasteiger partial charge in [-0.2, -0.15) is 0 Å². The Balaban J connectivity index is 2.51. The number of hydrogen-bond acceptors (Lipinski definition) is 1. The lowest BCUT2D eigenvalue weighted by molar-refractivity contribution is 0.659. The third-order valence-corrected chi connectivity index (χ3v) is 3.99. The molecular formula is C17H23N. The highest BCUT2D eigenvalue weighted by Crippen LogP contribution is 2.39. The fourth-order valence-corrected chi connectivity index (χ4v) is 3.08. The van der Waals surface area contributed by atoms with Crippen LogP contribution < -0.4 is 5.32 Å². The molecule has 2 aliphatic carbocycles. The first-order chi connectivity index (χ1) is 8.77. The maximum Gasteiger partial charge on any atom is 0.0231 e. The van der Waals surface area contributed by atoms with E-state index in [1.54, 1.807) is 11.8 Å². The highest BCUT2D eigenvalue weighted by Gasteiger charge is 2.22. The van der Waals surface area contributed by atoms with E-state index in [0.717, 1.165) is 12.8 Å². The van der Waals surface area contributed by atoms with Gasteiger partial charge in [0.1, 0.15) is 0 Å². The lowest BCUT2D eigenvalue weighted by atomic mass is 9.80. The second-order valence-electron chi connectivity index (χ2n) is 5.18. The third kappa shape index (κ3) is 2.52. The summed E-state index contributed by atoms with van der Waals surface area (Å²) in [7, 11) is 0. The average Bonchev–Trinajstić information content (AvgIpc) is 2.40. The molecule has 0 spiro atoms. The number of hydrogen-bond donors (Lipinski definition) is 1. The Morgan fingerprint density at radius 2 is 1.89 bits per heavy atom. The van der Waals surface area contributed by atoms with Crippen molar-refractivity contribution in [3.8, 4) is 0 Å². The highest BCUT2D eigenvalue weighted by atomic mass is 14.9. The summed E-state index contributed by atoms with van der Waals surface area (Å²) in [5.74, 6) is 0. The molecule has 0 fully saturated rings. The summed E-state index contributed by atoms with van der Waals surface area (Å²) in [4.78, 5) is 0. The van der Waals surface area contributed by atoms with Gasteiger partial charge >= 0.3 is 0 Å². The van der Waals surface area contributed by atoms with Gasteiger partial charge in [0, 0.05) is 16.8 Å². The van der Waals surface area contributed by atoms with Crippen LogP contribution in [0.2, 0.25) is 0 Å². The molecule has 0 aliphatic heterocycles. The Morgan fingerprint density at radius 3 is 2.56 bits per heavy atom. The summed E-state index contributed by atoms with van der Waals surface area (Å²) < 4.78 is 0. The van der Waals surface area contributed by atoms with Crippen molar-refractivity contribution in [3.63, 3.8) is 0 Å². The summed E-state index contributed by atoms with van der Waals surface area (Å²) in [5.41, 5.74) is 10.3. The minimum Gasteiger partial charge on any atom is -0.365 e. The zero-order chi connectivity index (χ0) is 13.0. The van der Waals surface area contributed by atoms with Crippen molar-refractivity contribution in [3.05, 3.63) is 53.1 Å². The molecule has 0 radical (unpaired) electrons. The van der Waals surface area contributed by atoms with Crippen LogP contribution in [0.4, 0.5) is 0 Å². The van der Waals surface area contributed by atoms with Crippen LogP contribution in [0, 0.1) is 0 Å². The first-order valence-corrected chi connectivity index (χ1v) is 6.96. The zero-order valence-corrected chi connectivity index (χ0v) is 11.4. The van der Waals surface area contributed by atoms with Crippen LogP contribution in [0.15, 0.2) is 53.1 Å². The van der Waals surface area contributed by atoms with Gasteiger partial charge in [-0.3, -0.25) is 0 Å². The van der Waals surface area contributed by atoms with Gasteiger partial charge in [-0.15, -0.1) is 5.73 Å². The summed E-state index contributed by atoms with van der Waals surface area (Å²) in [6.45, 7) is 9.95. The van der Waals surface area contributed by atoms with Crippen molar-refractivity contribution in [1.29, 1.82) is 0 Å². The number of allylic oxidation sites excluding steroid dienone is 5. The summed E-state index contributed by atoms with van der Waals surface area (Å²) in [5, 5.41) is 3.34. The number of nitrogens with one attached hydrogen (secondary N) is 1. The molecule has 0 atom stereocenters. The van der Waals surface area contributed by atoms with Crippen molar-refractivity contribution in [2.75, 3.05) is 0 Å². The topological polar surface area (TPSA) is 12.0 Å². The summed E-state index contributed by atoms with van der Waals surface area (Å²) in [6, 6.07) is 0. The predicted molar refractivity (Wildman–Crippen MR) is 78.0 cm³/mol. The fraction of sp³-hybridized carbons (Fsp3) is 0.471. The molecule has 1 N–H and O–H groups in total. The van der Waals surface area contributed by atoms with Gasteiger partial charge in [0.05, 0.1) is 0 Å². The summed E-state index contributed by atoms with van der Waals surface area (Å²) in [6.07, 6.45) is 10.3. The SMILES string of the molecule is C=C=C1CCCC(NC=C)=C1C1=C(C)CCCC1. The fourth-order valence-electron chi connectivity index (χ4n) is 3.08. The Labute approximate surface area is 111 Å². The average molecular weight is 241 g/mol. The lowest BCUT2D eigenvalue weighted by Gasteiger charge is -2.27. The third-order valence-electron chi connectivity index (χ3n) is 3.99. The van der Waals surface area contributed by atoms with E-state index in [9.17, 15) is 0 Å². The minimum atomic E-state index is 1.11. The molecular weight excluding hydrogens is 218 g/mol. The molecule has 1 nitrogen and oxygen atoms in total. The molecule has 2 rings (SSSR count). The Kier molecular flexibility index (Phi) is 4.28. The van der Waals surface area contributed by atoms with Crippen LogP contribution in [0.5, 0.6) is 0 Å². The van der Waals surface area contributed by atoms with E-state index in [1.165, 1.54) is 54.5 Å². The normalized spacial score (nSPS) is 20.8. The van der Waals surface area contributed by atoms with Gasteiger partial charge in [-0.25, -0.2) is 0 Å². The first-order valence-electron chi connectivity index (χ1n) is 6.96.